The van der Waals surface area contributed by atoms with Crippen LogP contribution in [0.1, 0.15) is 16.1 Å². The van der Waals surface area contributed by atoms with Crippen LogP contribution in [0.5, 0.6) is 23.1 Å². The summed E-state index contributed by atoms with van der Waals surface area (Å²) in [5.74, 6) is 1.50. The molecule has 1 aromatic carbocycles. The number of imidazole rings is 1. The highest BCUT2D eigenvalue weighted by Crippen LogP contribution is 2.50. The Hall–Kier alpha value is -3.20. The van der Waals surface area contributed by atoms with Crippen molar-refractivity contribution in [1.29, 1.82) is 0 Å². The number of nitrogens with zero attached hydrogens (tertiary/aromatic N) is 2. The van der Waals surface area contributed by atoms with Gasteiger partial charge in [0.15, 0.2) is 16.5 Å². The Balaban J connectivity index is 1.98. The maximum Gasteiger partial charge on any atom is 0.256 e. The molecule has 28 heavy (non-hydrogen) atoms. The molecule has 0 spiro atoms. The fourth-order valence-corrected chi connectivity index (χ4v) is 4.16. The largest absolute Gasteiger partial charge is 0.493 e. The second kappa shape index (κ2) is 6.75. The molecule has 1 N–H and O–H groups in total. The molecule has 8 nitrogen and oxygen atoms in total. The van der Waals surface area contributed by atoms with Crippen LogP contribution < -0.4 is 24.3 Å². The topological polar surface area (TPSA) is 83.3 Å². The minimum atomic E-state index is -0.257. The number of benzene rings is 1. The molecule has 0 radical (unpaired) electrons. The number of carbonyl (C=O) groups excluding carboxylic acids is 1. The van der Waals surface area contributed by atoms with Gasteiger partial charge in [0, 0.05) is 17.1 Å². The first-order valence-corrected chi connectivity index (χ1v) is 9.22. The Morgan fingerprint density at radius 1 is 1.11 bits per heavy atom. The molecule has 0 fully saturated rings. The van der Waals surface area contributed by atoms with Gasteiger partial charge in [-0.15, -0.1) is 11.3 Å². The lowest BCUT2D eigenvalue weighted by atomic mass is 10.0. The number of aryl methyl sites for hydroxylation is 1. The minimum absolute atomic E-state index is 0.257. The number of hydrogen-bond donors (Lipinski definition) is 1. The van der Waals surface area contributed by atoms with Crippen LogP contribution in [0, 0.1) is 6.92 Å². The van der Waals surface area contributed by atoms with Gasteiger partial charge >= 0.3 is 0 Å². The lowest BCUT2D eigenvalue weighted by Gasteiger charge is -2.15. The number of hydrogen-bond acceptors (Lipinski definition) is 7. The molecular weight excluding hydrogens is 382 g/mol. The van der Waals surface area contributed by atoms with Gasteiger partial charge in [-0.05, 0) is 13.0 Å². The van der Waals surface area contributed by atoms with E-state index in [4.69, 9.17) is 18.9 Å². The van der Waals surface area contributed by atoms with E-state index < -0.39 is 0 Å². The molecule has 0 bridgehead atoms. The first-order chi connectivity index (χ1) is 13.5. The molecule has 3 aromatic rings. The van der Waals surface area contributed by atoms with E-state index in [1.807, 2.05) is 17.5 Å². The highest BCUT2D eigenvalue weighted by atomic mass is 32.1. The standard InChI is InChI=1S/C19H19N3O5S/c1-9-8-22-12(18(27-5)21-19(22)28-9)6-10-14-11(20-17(10)23)7-13(24-2)15(25-3)16(14)26-4/h6-8H,1-5H3,(H,20,23)/b10-6+. The van der Waals surface area contributed by atoms with E-state index in [2.05, 4.69) is 10.3 Å². The summed E-state index contributed by atoms with van der Waals surface area (Å²) >= 11 is 1.55. The average molecular weight is 401 g/mol. The van der Waals surface area contributed by atoms with Crippen LogP contribution in [0.15, 0.2) is 12.3 Å². The molecular formula is C19H19N3O5S. The van der Waals surface area contributed by atoms with E-state index in [0.717, 1.165) is 9.84 Å². The number of nitrogens with one attached hydrogen (secondary N) is 1. The van der Waals surface area contributed by atoms with Gasteiger partial charge in [-0.3, -0.25) is 9.20 Å². The molecule has 0 aliphatic carbocycles. The number of methoxy groups -OCH3 is 4. The van der Waals surface area contributed by atoms with E-state index in [9.17, 15) is 4.79 Å². The minimum Gasteiger partial charge on any atom is -0.493 e. The normalized spacial score (nSPS) is 14.3. The number of thiazole rings is 1. The van der Waals surface area contributed by atoms with Crippen LogP contribution in [0.4, 0.5) is 5.69 Å². The summed E-state index contributed by atoms with van der Waals surface area (Å²) in [6, 6.07) is 1.72. The van der Waals surface area contributed by atoms with Gasteiger partial charge in [0.25, 0.3) is 5.91 Å². The van der Waals surface area contributed by atoms with Gasteiger partial charge in [-0.25, -0.2) is 0 Å². The maximum atomic E-state index is 12.8. The molecule has 2 aromatic heterocycles. The van der Waals surface area contributed by atoms with Crippen molar-refractivity contribution in [2.45, 2.75) is 6.92 Å². The van der Waals surface area contributed by atoms with E-state index in [-0.39, 0.29) is 5.91 Å². The van der Waals surface area contributed by atoms with Gasteiger partial charge in [-0.2, -0.15) is 4.98 Å². The van der Waals surface area contributed by atoms with Crippen LogP contribution in [-0.4, -0.2) is 43.7 Å². The fourth-order valence-electron chi connectivity index (χ4n) is 3.33. The molecule has 146 valence electrons. The summed E-state index contributed by atoms with van der Waals surface area (Å²) in [6.45, 7) is 2.00. The van der Waals surface area contributed by atoms with Crippen LogP contribution >= 0.6 is 11.3 Å². The fraction of sp³-hybridized carbons (Fsp3) is 0.263. The lowest BCUT2D eigenvalue weighted by Crippen LogP contribution is -2.04. The monoisotopic (exact) mass is 401 g/mol. The van der Waals surface area contributed by atoms with Crippen molar-refractivity contribution < 1.29 is 23.7 Å². The quantitative estimate of drug-likeness (QED) is 0.661. The van der Waals surface area contributed by atoms with E-state index >= 15 is 0 Å². The SMILES string of the molecule is COc1cc2c(c(OC)c1OC)/C(=C\c1c(OC)nc3sc(C)cn13)C(=O)N2. The van der Waals surface area contributed by atoms with Gasteiger partial charge in [0.2, 0.25) is 11.6 Å². The first-order valence-electron chi connectivity index (χ1n) is 8.41. The summed E-state index contributed by atoms with van der Waals surface area (Å²) in [6.07, 6.45) is 3.71. The van der Waals surface area contributed by atoms with Gasteiger partial charge in [-0.1, -0.05) is 0 Å². The zero-order chi connectivity index (χ0) is 20.0. The Kier molecular flexibility index (Phi) is 4.38. The average Bonchev–Trinajstić information content (AvgIpc) is 3.31. The Bertz CT molecular complexity index is 1130. The van der Waals surface area contributed by atoms with Crippen molar-refractivity contribution in [3.8, 4) is 23.1 Å². The van der Waals surface area contributed by atoms with Crippen LogP contribution in [0.25, 0.3) is 16.6 Å². The van der Waals surface area contributed by atoms with E-state index in [0.29, 0.717) is 45.6 Å². The summed E-state index contributed by atoms with van der Waals surface area (Å²) in [7, 11) is 6.14. The molecule has 1 amide bonds. The number of carbonyl (C=O) groups is 1. The predicted molar refractivity (Wildman–Crippen MR) is 107 cm³/mol. The van der Waals surface area contributed by atoms with Crippen molar-refractivity contribution >= 4 is 39.5 Å². The van der Waals surface area contributed by atoms with E-state index in [1.165, 1.54) is 21.3 Å². The van der Waals surface area contributed by atoms with Crippen molar-refractivity contribution in [1.82, 2.24) is 9.38 Å². The molecule has 4 rings (SSSR count). The smallest absolute Gasteiger partial charge is 0.256 e. The highest BCUT2D eigenvalue weighted by Gasteiger charge is 2.33. The Labute approximate surface area is 165 Å². The van der Waals surface area contributed by atoms with Crippen molar-refractivity contribution in [2.75, 3.05) is 33.8 Å². The van der Waals surface area contributed by atoms with Crippen LogP contribution in [0.2, 0.25) is 0 Å². The number of aromatic nitrogens is 2. The second-order valence-electron chi connectivity index (χ2n) is 6.08. The molecule has 1 aliphatic rings. The zero-order valence-electron chi connectivity index (χ0n) is 16.1. The van der Waals surface area contributed by atoms with Crippen molar-refractivity contribution in [2.24, 2.45) is 0 Å². The van der Waals surface area contributed by atoms with Gasteiger partial charge in [0.1, 0.15) is 5.69 Å². The molecule has 0 unspecified atom stereocenters. The molecule has 9 heteroatoms. The molecule has 0 saturated carbocycles. The number of anilines is 1. The summed E-state index contributed by atoms with van der Waals surface area (Å²) < 4.78 is 23.7. The number of rotatable bonds is 5. The number of fused-ring (bicyclic) bond motifs is 2. The highest BCUT2D eigenvalue weighted by molar-refractivity contribution is 7.17. The Morgan fingerprint density at radius 3 is 2.50 bits per heavy atom. The molecule has 0 atom stereocenters. The van der Waals surface area contributed by atoms with Gasteiger partial charge < -0.3 is 24.3 Å². The first kappa shape index (κ1) is 18.2. The molecule has 0 saturated heterocycles. The van der Waals surface area contributed by atoms with Crippen LogP contribution in [0.3, 0.4) is 0 Å². The van der Waals surface area contributed by atoms with Crippen LogP contribution in [-0.2, 0) is 4.79 Å². The summed E-state index contributed by atoms with van der Waals surface area (Å²) in [5, 5.41) is 2.86. The third kappa shape index (κ3) is 2.58. The van der Waals surface area contributed by atoms with Crippen molar-refractivity contribution in [3.63, 3.8) is 0 Å². The number of amides is 1. The van der Waals surface area contributed by atoms with Gasteiger partial charge in [0.05, 0.1) is 45.3 Å². The summed E-state index contributed by atoms with van der Waals surface area (Å²) in [4.78, 5) is 19.2. The lowest BCUT2D eigenvalue weighted by molar-refractivity contribution is -0.110. The third-order valence-electron chi connectivity index (χ3n) is 4.51. The zero-order valence-corrected chi connectivity index (χ0v) is 16.9. The Morgan fingerprint density at radius 2 is 1.86 bits per heavy atom. The second-order valence-corrected chi connectivity index (χ2v) is 7.29. The molecule has 1 aliphatic heterocycles. The maximum absolute atomic E-state index is 12.8. The summed E-state index contributed by atoms with van der Waals surface area (Å²) in [5.41, 5.74) is 2.30. The predicted octanol–water partition coefficient (Wildman–Crippen LogP) is 3.23. The number of ether oxygens (including phenoxy) is 4. The molecule has 3 heterocycles. The third-order valence-corrected chi connectivity index (χ3v) is 5.41. The van der Waals surface area contributed by atoms with E-state index in [1.54, 1.807) is 30.6 Å². The van der Waals surface area contributed by atoms with Crippen molar-refractivity contribution in [3.05, 3.63) is 28.4 Å².